The average molecular weight is 370 g/mol. The van der Waals surface area contributed by atoms with Gasteiger partial charge < -0.3 is 9.88 Å². The van der Waals surface area contributed by atoms with Crippen LogP contribution < -0.4 is 5.32 Å². The Bertz CT molecular complexity index is 886. The Morgan fingerprint density at radius 2 is 1.85 bits per heavy atom. The molecule has 8 heteroatoms. The quantitative estimate of drug-likeness (QED) is 0.673. The van der Waals surface area contributed by atoms with Crippen molar-refractivity contribution in [1.29, 1.82) is 0 Å². The molecule has 3 rings (SSSR count). The summed E-state index contributed by atoms with van der Waals surface area (Å²) in [4.78, 5) is 12.5. The van der Waals surface area contributed by atoms with Crippen LogP contribution in [0.4, 0.5) is 5.82 Å². The van der Waals surface area contributed by atoms with Gasteiger partial charge in [0.2, 0.25) is 5.91 Å². The zero-order valence-electron chi connectivity index (χ0n) is 15.2. The van der Waals surface area contributed by atoms with Crippen LogP contribution in [0.25, 0.3) is 11.4 Å². The van der Waals surface area contributed by atoms with E-state index >= 15 is 0 Å². The molecule has 0 bridgehead atoms. The molecule has 26 heavy (non-hydrogen) atoms. The van der Waals surface area contributed by atoms with Crippen molar-refractivity contribution in [2.75, 3.05) is 5.32 Å². The van der Waals surface area contributed by atoms with Gasteiger partial charge in [0.05, 0.1) is 11.4 Å². The minimum atomic E-state index is -0.322. The van der Waals surface area contributed by atoms with Crippen molar-refractivity contribution in [2.24, 2.45) is 7.05 Å². The highest BCUT2D eigenvalue weighted by molar-refractivity contribution is 8.00. The van der Waals surface area contributed by atoms with Gasteiger partial charge in [-0.15, -0.1) is 10.2 Å². The second kappa shape index (κ2) is 7.74. The standard InChI is InChI=1S/C18H22N6OS/c1-12(2)24-15(10-11-19-24)20-17(25)13(3)26-18-22-21-16(23(18)4)14-8-6-5-7-9-14/h5-13H,1-4H3,(H,20,25). The fraction of sp³-hybridized carbons (Fsp3) is 0.333. The number of nitrogens with one attached hydrogen (secondary N) is 1. The Balaban J connectivity index is 1.70. The molecule has 0 aliphatic heterocycles. The normalized spacial score (nSPS) is 12.3. The summed E-state index contributed by atoms with van der Waals surface area (Å²) < 4.78 is 3.69. The Morgan fingerprint density at radius 1 is 1.12 bits per heavy atom. The number of thioether (sulfide) groups is 1. The zero-order valence-corrected chi connectivity index (χ0v) is 16.1. The van der Waals surface area contributed by atoms with Gasteiger partial charge in [0, 0.05) is 24.7 Å². The summed E-state index contributed by atoms with van der Waals surface area (Å²) in [5.74, 6) is 1.38. The Kier molecular flexibility index (Phi) is 5.41. The number of hydrogen-bond acceptors (Lipinski definition) is 5. The van der Waals surface area contributed by atoms with Crippen LogP contribution in [0.2, 0.25) is 0 Å². The lowest BCUT2D eigenvalue weighted by Crippen LogP contribution is -2.25. The molecule has 0 fully saturated rings. The zero-order chi connectivity index (χ0) is 18.7. The van der Waals surface area contributed by atoms with Gasteiger partial charge in [-0.3, -0.25) is 4.79 Å². The van der Waals surface area contributed by atoms with E-state index in [4.69, 9.17) is 0 Å². The van der Waals surface area contributed by atoms with E-state index in [2.05, 4.69) is 20.6 Å². The minimum Gasteiger partial charge on any atom is -0.310 e. The largest absolute Gasteiger partial charge is 0.310 e. The molecule has 2 aromatic heterocycles. The fourth-order valence-electron chi connectivity index (χ4n) is 2.52. The number of carbonyl (C=O) groups is 1. The van der Waals surface area contributed by atoms with Gasteiger partial charge >= 0.3 is 0 Å². The molecule has 1 amide bonds. The lowest BCUT2D eigenvalue weighted by molar-refractivity contribution is -0.115. The van der Waals surface area contributed by atoms with Gasteiger partial charge in [-0.1, -0.05) is 42.1 Å². The summed E-state index contributed by atoms with van der Waals surface area (Å²) in [5, 5.41) is 16.0. The average Bonchev–Trinajstić information content (AvgIpc) is 3.23. The molecule has 7 nitrogen and oxygen atoms in total. The molecule has 0 saturated carbocycles. The highest BCUT2D eigenvalue weighted by Gasteiger charge is 2.20. The Hall–Kier alpha value is -2.61. The van der Waals surface area contributed by atoms with Crippen LogP contribution >= 0.6 is 11.8 Å². The first-order valence-corrected chi connectivity index (χ1v) is 9.31. The maximum absolute atomic E-state index is 12.5. The molecule has 0 aliphatic carbocycles. The summed E-state index contributed by atoms with van der Waals surface area (Å²) in [6.45, 7) is 5.89. The Morgan fingerprint density at radius 3 is 2.54 bits per heavy atom. The molecular formula is C18H22N6OS. The second-order valence-corrected chi connectivity index (χ2v) is 7.54. The van der Waals surface area contributed by atoms with E-state index in [1.54, 1.807) is 16.9 Å². The number of carbonyl (C=O) groups excluding carboxylic acids is 1. The first-order valence-electron chi connectivity index (χ1n) is 8.43. The number of hydrogen-bond donors (Lipinski definition) is 1. The first kappa shape index (κ1) is 18.2. The third-order valence-electron chi connectivity index (χ3n) is 3.93. The molecule has 3 aromatic rings. The van der Waals surface area contributed by atoms with E-state index in [1.807, 2.05) is 62.7 Å². The number of benzene rings is 1. The number of anilines is 1. The molecule has 1 N–H and O–H groups in total. The van der Waals surface area contributed by atoms with E-state index in [0.29, 0.717) is 11.0 Å². The van der Waals surface area contributed by atoms with Crippen molar-refractivity contribution in [3.8, 4) is 11.4 Å². The topological polar surface area (TPSA) is 77.6 Å². The van der Waals surface area contributed by atoms with Crippen LogP contribution in [0, 0.1) is 0 Å². The maximum Gasteiger partial charge on any atom is 0.238 e. The van der Waals surface area contributed by atoms with Crippen molar-refractivity contribution in [3.05, 3.63) is 42.6 Å². The monoisotopic (exact) mass is 370 g/mol. The molecule has 0 spiro atoms. The number of aromatic nitrogens is 5. The number of nitrogens with zero attached hydrogens (tertiary/aromatic N) is 5. The van der Waals surface area contributed by atoms with Gasteiger partial charge in [-0.25, -0.2) is 4.68 Å². The molecule has 0 saturated heterocycles. The predicted octanol–water partition coefficient (Wildman–Crippen LogP) is 3.38. The molecule has 0 radical (unpaired) electrons. The van der Waals surface area contributed by atoms with E-state index in [-0.39, 0.29) is 17.2 Å². The summed E-state index contributed by atoms with van der Waals surface area (Å²) in [5.41, 5.74) is 0.993. The van der Waals surface area contributed by atoms with Crippen LogP contribution in [0.3, 0.4) is 0 Å². The smallest absolute Gasteiger partial charge is 0.238 e. The molecule has 1 unspecified atom stereocenters. The molecule has 136 valence electrons. The lowest BCUT2D eigenvalue weighted by Gasteiger charge is -2.14. The third kappa shape index (κ3) is 3.80. The van der Waals surface area contributed by atoms with Gasteiger partial charge in [-0.2, -0.15) is 5.10 Å². The van der Waals surface area contributed by atoms with Crippen molar-refractivity contribution in [1.82, 2.24) is 24.5 Å². The van der Waals surface area contributed by atoms with Crippen LogP contribution in [-0.4, -0.2) is 35.7 Å². The van der Waals surface area contributed by atoms with Gasteiger partial charge in [0.15, 0.2) is 11.0 Å². The molecule has 1 aromatic carbocycles. The number of rotatable bonds is 6. The molecule has 2 heterocycles. The number of amides is 1. The van der Waals surface area contributed by atoms with Crippen LogP contribution in [-0.2, 0) is 11.8 Å². The van der Waals surface area contributed by atoms with Crippen LogP contribution in [0.5, 0.6) is 0 Å². The molecule has 0 aliphatic rings. The van der Waals surface area contributed by atoms with Gasteiger partial charge in [-0.05, 0) is 20.8 Å². The summed E-state index contributed by atoms with van der Waals surface area (Å²) in [6.07, 6.45) is 1.68. The van der Waals surface area contributed by atoms with E-state index in [1.165, 1.54) is 11.8 Å². The Labute approximate surface area is 156 Å². The second-order valence-electron chi connectivity index (χ2n) is 6.24. The van der Waals surface area contributed by atoms with E-state index in [0.717, 1.165) is 11.4 Å². The molecule has 1 atom stereocenters. The van der Waals surface area contributed by atoms with Crippen molar-refractivity contribution in [3.63, 3.8) is 0 Å². The minimum absolute atomic E-state index is 0.0957. The van der Waals surface area contributed by atoms with Crippen LogP contribution in [0.1, 0.15) is 26.8 Å². The first-order chi connectivity index (χ1) is 12.5. The van der Waals surface area contributed by atoms with E-state index < -0.39 is 0 Å². The highest BCUT2D eigenvalue weighted by atomic mass is 32.2. The summed E-state index contributed by atoms with van der Waals surface area (Å²) in [7, 11) is 1.91. The van der Waals surface area contributed by atoms with E-state index in [9.17, 15) is 4.79 Å². The van der Waals surface area contributed by atoms with Crippen molar-refractivity contribution < 1.29 is 4.79 Å². The fourth-order valence-corrected chi connectivity index (χ4v) is 3.34. The van der Waals surface area contributed by atoms with Crippen LogP contribution in [0.15, 0.2) is 47.8 Å². The SMILES string of the molecule is CC(Sc1nnc(-c2ccccc2)n1C)C(=O)Nc1ccnn1C(C)C. The highest BCUT2D eigenvalue weighted by Crippen LogP contribution is 2.26. The van der Waals surface area contributed by atoms with Gasteiger partial charge in [0.25, 0.3) is 0 Å². The summed E-state index contributed by atoms with van der Waals surface area (Å²) >= 11 is 1.38. The lowest BCUT2D eigenvalue weighted by atomic mass is 10.2. The predicted molar refractivity (Wildman–Crippen MR) is 103 cm³/mol. The van der Waals surface area contributed by atoms with Crippen molar-refractivity contribution in [2.45, 2.75) is 37.2 Å². The maximum atomic E-state index is 12.5. The molecular weight excluding hydrogens is 348 g/mol. The summed E-state index contributed by atoms with van der Waals surface area (Å²) in [6, 6.07) is 11.8. The third-order valence-corrected chi connectivity index (χ3v) is 5.06. The van der Waals surface area contributed by atoms with Crippen molar-refractivity contribution >= 4 is 23.5 Å². The van der Waals surface area contributed by atoms with Gasteiger partial charge in [0.1, 0.15) is 5.82 Å².